The Morgan fingerprint density at radius 3 is 2.75 bits per heavy atom. The first-order valence-corrected chi connectivity index (χ1v) is 6.76. The molecule has 0 spiro atoms. The molecule has 0 N–H and O–H groups in total. The van der Waals surface area contributed by atoms with E-state index in [0.717, 1.165) is 5.33 Å². The lowest BCUT2D eigenvalue weighted by molar-refractivity contribution is -0.485. The summed E-state index contributed by atoms with van der Waals surface area (Å²) in [5.41, 5.74) is 2.59. The lowest BCUT2D eigenvalue weighted by atomic mass is 10.2. The van der Waals surface area contributed by atoms with Crippen molar-refractivity contribution in [2.45, 2.75) is 5.33 Å². The van der Waals surface area contributed by atoms with Crippen LogP contribution >= 0.6 is 27.3 Å². The maximum Gasteiger partial charge on any atom is 0.267 e. The Morgan fingerprint density at radius 1 is 1.12 bits per heavy atom. The van der Waals surface area contributed by atoms with Gasteiger partial charge in [0.05, 0.1) is 10.7 Å². The summed E-state index contributed by atoms with van der Waals surface area (Å²) < 4.78 is 2.31. The van der Waals surface area contributed by atoms with Gasteiger partial charge in [-0.3, -0.25) is 0 Å². The van der Waals surface area contributed by atoms with Crippen molar-refractivity contribution >= 4 is 43.0 Å². The van der Waals surface area contributed by atoms with Crippen LogP contribution in [0, 0.1) is 0 Å². The number of hydrogen-bond donors (Lipinski definition) is 0. The molecule has 0 bridgehead atoms. The number of benzene rings is 1. The van der Waals surface area contributed by atoms with Crippen LogP contribution < -0.4 is 21.4 Å². The second-order valence-electron chi connectivity index (χ2n) is 3.43. The lowest BCUT2D eigenvalue weighted by Crippen LogP contribution is -3.00. The van der Waals surface area contributed by atoms with Gasteiger partial charge < -0.3 is 17.0 Å². The quantitative estimate of drug-likeness (QED) is 0.441. The molecule has 0 radical (unpaired) electrons. The summed E-state index contributed by atoms with van der Waals surface area (Å²) >= 11 is 5.32. The summed E-state index contributed by atoms with van der Waals surface area (Å²) in [6, 6.07) is 12.8. The van der Waals surface area contributed by atoms with Crippen LogP contribution in [0.25, 0.3) is 15.7 Å². The molecule has 2 heterocycles. The highest BCUT2D eigenvalue weighted by atomic mass is 79.9. The molecule has 0 fully saturated rings. The van der Waals surface area contributed by atoms with Gasteiger partial charge in [0, 0.05) is 17.5 Å². The van der Waals surface area contributed by atoms with Gasteiger partial charge in [-0.2, -0.15) is 0 Å². The fourth-order valence-corrected chi connectivity index (χ4v) is 3.39. The van der Waals surface area contributed by atoms with Crippen LogP contribution in [0.5, 0.6) is 0 Å². The minimum absolute atomic E-state index is 0. The minimum Gasteiger partial charge on any atom is -1.00 e. The van der Waals surface area contributed by atoms with Crippen molar-refractivity contribution in [3.63, 3.8) is 0 Å². The lowest BCUT2D eigenvalue weighted by Gasteiger charge is -1.93. The van der Waals surface area contributed by atoms with E-state index in [4.69, 9.17) is 0 Å². The molecule has 82 valence electrons. The van der Waals surface area contributed by atoms with Gasteiger partial charge in [0.15, 0.2) is 0 Å². The molecular formula is C12H9Br2NS. The summed E-state index contributed by atoms with van der Waals surface area (Å²) in [5, 5.41) is 4.39. The van der Waals surface area contributed by atoms with Gasteiger partial charge in [-0.05, 0) is 12.1 Å². The Hall–Kier alpha value is -0.450. The molecule has 4 heteroatoms. The Balaban J connectivity index is 0.000000963. The number of alkyl halides is 1. The zero-order valence-corrected chi connectivity index (χ0v) is 12.3. The number of fused-ring (bicyclic) bond motifs is 3. The Bertz CT molecular complexity index is 633. The molecule has 2 aromatic heterocycles. The molecule has 0 unspecified atom stereocenters. The topological polar surface area (TPSA) is 4.10 Å². The number of hydrogen-bond acceptors (Lipinski definition) is 1. The second-order valence-corrected chi connectivity index (χ2v) is 4.88. The van der Waals surface area contributed by atoms with E-state index in [2.05, 4.69) is 62.1 Å². The molecule has 0 aliphatic heterocycles. The van der Waals surface area contributed by atoms with E-state index in [1.165, 1.54) is 21.4 Å². The SMILES string of the molecule is BrCc1csc2ccc3ccccc3[n+]12.[Br-]. The van der Waals surface area contributed by atoms with E-state index in [1.807, 2.05) is 0 Å². The van der Waals surface area contributed by atoms with Crippen LogP contribution in [0.4, 0.5) is 0 Å². The van der Waals surface area contributed by atoms with Crippen molar-refractivity contribution in [2.24, 2.45) is 0 Å². The molecule has 1 aromatic carbocycles. The van der Waals surface area contributed by atoms with E-state index < -0.39 is 0 Å². The first-order valence-electron chi connectivity index (χ1n) is 4.76. The highest BCUT2D eigenvalue weighted by molar-refractivity contribution is 9.08. The number of rotatable bonds is 1. The van der Waals surface area contributed by atoms with Gasteiger partial charge in [0.25, 0.3) is 4.83 Å². The number of halogens is 2. The second kappa shape index (κ2) is 4.82. The highest BCUT2D eigenvalue weighted by Gasteiger charge is 2.15. The molecular weight excluding hydrogens is 350 g/mol. The maximum atomic E-state index is 3.53. The third kappa shape index (κ3) is 1.79. The molecule has 0 saturated heterocycles. The van der Waals surface area contributed by atoms with E-state index in [1.54, 1.807) is 11.3 Å². The zero-order chi connectivity index (χ0) is 10.3. The zero-order valence-electron chi connectivity index (χ0n) is 8.36. The van der Waals surface area contributed by atoms with Crippen molar-refractivity contribution in [2.75, 3.05) is 0 Å². The van der Waals surface area contributed by atoms with E-state index >= 15 is 0 Å². The third-order valence-corrected chi connectivity index (χ3v) is 4.07. The predicted molar refractivity (Wildman–Crippen MR) is 67.6 cm³/mol. The molecule has 3 aromatic rings. The predicted octanol–water partition coefficient (Wildman–Crippen LogP) is 0.539. The number of para-hydroxylation sites is 1. The number of pyridine rings is 1. The average Bonchev–Trinajstić information content (AvgIpc) is 2.72. The monoisotopic (exact) mass is 357 g/mol. The van der Waals surface area contributed by atoms with Crippen LogP contribution in [0.3, 0.4) is 0 Å². The highest BCUT2D eigenvalue weighted by Crippen LogP contribution is 2.17. The minimum atomic E-state index is 0. The summed E-state index contributed by atoms with van der Waals surface area (Å²) in [5.74, 6) is 0. The van der Waals surface area contributed by atoms with E-state index in [0.29, 0.717) is 0 Å². The summed E-state index contributed by atoms with van der Waals surface area (Å²) in [7, 11) is 0. The fourth-order valence-electron chi connectivity index (χ4n) is 1.85. The van der Waals surface area contributed by atoms with Crippen LogP contribution in [0.1, 0.15) is 5.69 Å². The maximum absolute atomic E-state index is 3.53. The molecule has 0 atom stereocenters. The van der Waals surface area contributed by atoms with Gasteiger partial charge in [-0.15, -0.1) is 4.40 Å². The van der Waals surface area contributed by atoms with Crippen molar-refractivity contribution in [3.8, 4) is 0 Å². The standard InChI is InChI=1S/C12H9BrNS.BrH/c13-7-10-8-15-12-6-5-9-3-1-2-4-11(9)14(10)12;/h1-6,8H,7H2;1H/q+1;/p-1. The van der Waals surface area contributed by atoms with Crippen LogP contribution in [-0.4, -0.2) is 0 Å². The summed E-state index contributed by atoms with van der Waals surface area (Å²) in [6.45, 7) is 0. The smallest absolute Gasteiger partial charge is 0.267 e. The average molecular weight is 359 g/mol. The molecule has 0 aliphatic carbocycles. The van der Waals surface area contributed by atoms with Crippen molar-refractivity contribution in [1.29, 1.82) is 0 Å². The fraction of sp³-hybridized carbons (Fsp3) is 0.0833. The van der Waals surface area contributed by atoms with Crippen molar-refractivity contribution in [1.82, 2.24) is 0 Å². The Kier molecular flexibility index (Phi) is 3.62. The first kappa shape index (κ1) is 12.0. The number of nitrogens with zero attached hydrogens (tertiary/aromatic N) is 1. The molecule has 0 aliphatic rings. The van der Waals surface area contributed by atoms with Gasteiger partial charge in [0.2, 0.25) is 11.2 Å². The number of aromatic nitrogens is 1. The van der Waals surface area contributed by atoms with Crippen LogP contribution in [-0.2, 0) is 5.33 Å². The normalized spacial score (nSPS) is 10.6. The third-order valence-electron chi connectivity index (χ3n) is 2.54. The van der Waals surface area contributed by atoms with Gasteiger partial charge in [-0.1, -0.05) is 39.4 Å². The Morgan fingerprint density at radius 2 is 1.94 bits per heavy atom. The molecule has 1 nitrogen and oxygen atoms in total. The van der Waals surface area contributed by atoms with Crippen molar-refractivity contribution in [3.05, 3.63) is 47.5 Å². The van der Waals surface area contributed by atoms with Gasteiger partial charge in [0.1, 0.15) is 0 Å². The summed E-state index contributed by atoms with van der Waals surface area (Å²) in [4.78, 5) is 1.29. The van der Waals surface area contributed by atoms with Gasteiger partial charge in [-0.25, -0.2) is 0 Å². The molecule has 16 heavy (non-hydrogen) atoms. The van der Waals surface area contributed by atoms with Crippen LogP contribution in [0.15, 0.2) is 41.8 Å². The van der Waals surface area contributed by atoms with E-state index in [-0.39, 0.29) is 17.0 Å². The largest absolute Gasteiger partial charge is 1.00 e. The molecule has 3 rings (SSSR count). The van der Waals surface area contributed by atoms with Crippen LogP contribution in [0.2, 0.25) is 0 Å². The Labute approximate surface area is 117 Å². The molecule has 0 saturated carbocycles. The van der Waals surface area contributed by atoms with Crippen molar-refractivity contribution < 1.29 is 21.4 Å². The van der Waals surface area contributed by atoms with Gasteiger partial charge >= 0.3 is 0 Å². The summed E-state index contributed by atoms with van der Waals surface area (Å²) in [6.07, 6.45) is 0. The van der Waals surface area contributed by atoms with E-state index in [9.17, 15) is 0 Å². The molecule has 0 amide bonds. The first-order chi connectivity index (χ1) is 7.40. The number of thiazole rings is 1.